The first-order valence-electron chi connectivity index (χ1n) is 6.51. The maximum Gasteiger partial charge on any atom is 0.226 e. The summed E-state index contributed by atoms with van der Waals surface area (Å²) in [6.45, 7) is 5.72. The summed E-state index contributed by atoms with van der Waals surface area (Å²) in [7, 11) is 0.603. The van der Waals surface area contributed by atoms with Crippen LogP contribution in [0.15, 0.2) is 4.40 Å². The summed E-state index contributed by atoms with van der Waals surface area (Å²) in [6, 6.07) is 0. The Hall–Kier alpha value is -0.710. The summed E-state index contributed by atoms with van der Waals surface area (Å²) in [4.78, 5) is 13.8. The van der Waals surface area contributed by atoms with Crippen molar-refractivity contribution in [2.75, 3.05) is 7.05 Å². The quantitative estimate of drug-likeness (QED) is 0.720. The van der Waals surface area contributed by atoms with E-state index in [-0.39, 0.29) is 22.1 Å². The van der Waals surface area contributed by atoms with Crippen molar-refractivity contribution >= 4 is 23.1 Å². The molecule has 2 bridgehead atoms. The Morgan fingerprint density at radius 2 is 1.94 bits per heavy atom. The second-order valence-electron chi connectivity index (χ2n) is 6.37. The third kappa shape index (κ3) is 2.25. The van der Waals surface area contributed by atoms with Crippen LogP contribution >= 0.6 is 0 Å². The molecule has 102 valence electrons. The molecule has 0 unspecified atom stereocenters. The molecule has 0 aromatic rings. The van der Waals surface area contributed by atoms with Crippen LogP contribution in [0.25, 0.3) is 0 Å². The Labute approximate surface area is 111 Å². The molecular formula is C13H22N2O2S. The molecule has 3 fully saturated rings. The normalized spacial score (nSPS) is 34.3. The molecule has 2 saturated heterocycles. The second-order valence-corrected chi connectivity index (χ2v) is 8.31. The zero-order chi connectivity index (χ0) is 13.6. The number of carbonyl (C=O) groups is 1. The number of hydrogen-bond donors (Lipinski definition) is 0. The van der Waals surface area contributed by atoms with Crippen LogP contribution in [0.4, 0.5) is 0 Å². The van der Waals surface area contributed by atoms with Gasteiger partial charge in [0.15, 0.2) is 0 Å². The SMILES string of the molecule is CN1C(=O)C2CCC1(C=N[S@](=O)C(C)(C)C)CC2. The number of amides is 1. The summed E-state index contributed by atoms with van der Waals surface area (Å²) in [6.07, 6.45) is 5.56. The lowest BCUT2D eigenvalue weighted by molar-refractivity contribution is -0.147. The maximum absolute atomic E-state index is 12.0. The minimum absolute atomic E-state index is 0.207. The van der Waals surface area contributed by atoms with E-state index < -0.39 is 11.0 Å². The zero-order valence-corrected chi connectivity index (χ0v) is 12.4. The minimum Gasteiger partial charge on any atom is -0.335 e. The third-order valence-electron chi connectivity index (χ3n) is 4.11. The van der Waals surface area contributed by atoms with Gasteiger partial charge in [-0.25, -0.2) is 4.21 Å². The van der Waals surface area contributed by atoms with E-state index in [2.05, 4.69) is 4.40 Å². The Balaban J connectivity index is 2.19. The molecule has 0 aromatic carbocycles. The Morgan fingerprint density at radius 1 is 1.39 bits per heavy atom. The van der Waals surface area contributed by atoms with Crippen LogP contribution < -0.4 is 0 Å². The van der Waals surface area contributed by atoms with Crippen LogP contribution in [0.3, 0.4) is 0 Å². The molecular weight excluding hydrogens is 248 g/mol. The molecule has 0 aromatic heterocycles. The van der Waals surface area contributed by atoms with Crippen LogP contribution in [0, 0.1) is 5.92 Å². The van der Waals surface area contributed by atoms with E-state index >= 15 is 0 Å². The minimum atomic E-state index is -1.24. The largest absolute Gasteiger partial charge is 0.335 e. The Bertz CT molecular complexity index is 404. The predicted molar refractivity (Wildman–Crippen MR) is 73.8 cm³/mol. The molecule has 1 saturated carbocycles. The van der Waals surface area contributed by atoms with Crippen LogP contribution in [0.1, 0.15) is 46.5 Å². The monoisotopic (exact) mass is 270 g/mol. The lowest BCUT2D eigenvalue weighted by Gasteiger charge is -2.50. The van der Waals surface area contributed by atoms with Gasteiger partial charge in [0, 0.05) is 19.2 Å². The van der Waals surface area contributed by atoms with Crippen molar-refractivity contribution in [2.24, 2.45) is 10.3 Å². The molecule has 1 aliphatic carbocycles. The summed E-state index contributed by atoms with van der Waals surface area (Å²) in [5, 5.41) is 0. The Morgan fingerprint density at radius 3 is 2.44 bits per heavy atom. The third-order valence-corrected chi connectivity index (χ3v) is 5.46. The fourth-order valence-electron chi connectivity index (χ4n) is 2.71. The van der Waals surface area contributed by atoms with Crippen molar-refractivity contribution in [2.45, 2.75) is 56.7 Å². The molecule has 18 heavy (non-hydrogen) atoms. The van der Waals surface area contributed by atoms with E-state index in [1.54, 1.807) is 6.21 Å². The van der Waals surface area contributed by atoms with Gasteiger partial charge in [0.05, 0.1) is 10.3 Å². The van der Waals surface area contributed by atoms with Gasteiger partial charge in [0.25, 0.3) is 0 Å². The average molecular weight is 270 g/mol. The van der Waals surface area contributed by atoms with Crippen molar-refractivity contribution < 1.29 is 9.00 Å². The van der Waals surface area contributed by atoms with E-state index in [1.807, 2.05) is 32.7 Å². The molecule has 1 amide bonds. The van der Waals surface area contributed by atoms with Crippen LogP contribution in [-0.2, 0) is 15.8 Å². The van der Waals surface area contributed by atoms with Crippen molar-refractivity contribution in [3.63, 3.8) is 0 Å². The van der Waals surface area contributed by atoms with Crippen LogP contribution in [0.5, 0.6) is 0 Å². The molecule has 0 radical (unpaired) electrons. The summed E-state index contributed by atoms with van der Waals surface area (Å²) in [5.41, 5.74) is -0.285. The van der Waals surface area contributed by atoms with Crippen molar-refractivity contribution in [3.05, 3.63) is 0 Å². The highest BCUT2D eigenvalue weighted by molar-refractivity contribution is 7.85. The van der Waals surface area contributed by atoms with Gasteiger partial charge >= 0.3 is 0 Å². The van der Waals surface area contributed by atoms with Crippen molar-refractivity contribution in [3.8, 4) is 0 Å². The predicted octanol–water partition coefficient (Wildman–Crippen LogP) is 1.92. The zero-order valence-electron chi connectivity index (χ0n) is 11.6. The highest BCUT2D eigenvalue weighted by atomic mass is 32.2. The molecule has 4 nitrogen and oxygen atoms in total. The van der Waals surface area contributed by atoms with E-state index in [0.717, 1.165) is 25.7 Å². The van der Waals surface area contributed by atoms with E-state index in [4.69, 9.17) is 0 Å². The van der Waals surface area contributed by atoms with Gasteiger partial charge in [-0.15, -0.1) is 0 Å². The first-order valence-corrected chi connectivity index (χ1v) is 7.62. The number of rotatable bonds is 2. The average Bonchev–Trinajstić information content (AvgIpc) is 2.32. The number of fused-ring (bicyclic) bond motifs is 3. The molecule has 1 atom stereocenters. The summed E-state index contributed by atoms with van der Waals surface area (Å²) in [5.74, 6) is 0.430. The number of nitrogens with zero attached hydrogens (tertiary/aromatic N) is 2. The molecule has 0 spiro atoms. The molecule has 3 aliphatic rings. The van der Waals surface area contributed by atoms with Gasteiger partial charge < -0.3 is 4.90 Å². The highest BCUT2D eigenvalue weighted by Gasteiger charge is 2.48. The van der Waals surface area contributed by atoms with Gasteiger partial charge in [-0.05, 0) is 46.5 Å². The summed E-state index contributed by atoms with van der Waals surface area (Å²) >= 11 is 0. The molecule has 0 N–H and O–H groups in total. The van der Waals surface area contributed by atoms with Gasteiger partial charge in [-0.3, -0.25) is 4.79 Å². The first-order chi connectivity index (χ1) is 8.26. The fourth-order valence-corrected chi connectivity index (χ4v) is 3.32. The lowest BCUT2D eigenvalue weighted by Crippen LogP contribution is -2.60. The summed E-state index contributed by atoms with van der Waals surface area (Å²) < 4.78 is 15.9. The highest BCUT2D eigenvalue weighted by Crippen LogP contribution is 2.42. The topological polar surface area (TPSA) is 49.7 Å². The van der Waals surface area contributed by atoms with Crippen molar-refractivity contribution in [1.82, 2.24) is 4.90 Å². The van der Waals surface area contributed by atoms with E-state index in [9.17, 15) is 9.00 Å². The number of hydrogen-bond acceptors (Lipinski definition) is 2. The lowest BCUT2D eigenvalue weighted by atomic mass is 9.71. The van der Waals surface area contributed by atoms with E-state index in [0.29, 0.717) is 0 Å². The number of piperidine rings is 2. The van der Waals surface area contributed by atoms with Gasteiger partial charge in [-0.1, -0.05) is 0 Å². The standard InChI is InChI=1S/C13H22N2O2S/c1-12(2,3)18(17)14-9-13-7-5-10(6-8-13)11(16)15(13)4/h9-10H,5-8H2,1-4H3/t10?,13?,18-/m1/s1. The van der Waals surface area contributed by atoms with Gasteiger partial charge in [0.1, 0.15) is 11.0 Å². The smallest absolute Gasteiger partial charge is 0.226 e. The molecule has 2 aliphatic heterocycles. The molecule has 2 heterocycles. The van der Waals surface area contributed by atoms with Gasteiger partial charge in [0.2, 0.25) is 5.91 Å². The second kappa shape index (κ2) is 4.44. The Kier molecular flexibility index (Phi) is 3.38. The molecule has 5 heteroatoms. The van der Waals surface area contributed by atoms with Gasteiger partial charge in [-0.2, -0.15) is 4.40 Å². The van der Waals surface area contributed by atoms with E-state index in [1.165, 1.54) is 0 Å². The van der Waals surface area contributed by atoms with Crippen LogP contribution in [0.2, 0.25) is 0 Å². The molecule has 3 rings (SSSR count). The maximum atomic E-state index is 12.0. The number of carbonyl (C=O) groups excluding carboxylic acids is 1. The fraction of sp³-hybridized carbons (Fsp3) is 0.846. The first kappa shape index (κ1) is 13.7. The van der Waals surface area contributed by atoms with Crippen LogP contribution in [-0.4, -0.2) is 38.6 Å². The van der Waals surface area contributed by atoms with Crippen molar-refractivity contribution in [1.29, 1.82) is 0 Å².